The minimum atomic E-state index is -0.443. The third-order valence-corrected chi connectivity index (χ3v) is 5.15. The Morgan fingerprint density at radius 2 is 1.90 bits per heavy atom. The van der Waals surface area contributed by atoms with Gasteiger partial charge in [-0.2, -0.15) is 0 Å². The van der Waals surface area contributed by atoms with Crippen LogP contribution in [0.15, 0.2) is 36.4 Å². The fourth-order valence-electron chi connectivity index (χ4n) is 4.12. The van der Waals surface area contributed by atoms with Crippen LogP contribution in [0.1, 0.15) is 24.8 Å². The van der Waals surface area contributed by atoms with Crippen LogP contribution in [0.2, 0.25) is 0 Å². The molecular weight excluding hydrogens is 250 g/mol. The second-order valence-electron chi connectivity index (χ2n) is 6.39. The molecule has 4 rings (SSSR count). The van der Waals surface area contributed by atoms with E-state index in [0.29, 0.717) is 18.0 Å². The molecule has 2 amide bonds. The van der Waals surface area contributed by atoms with E-state index in [-0.39, 0.29) is 17.7 Å². The minimum Gasteiger partial charge on any atom is -0.274 e. The van der Waals surface area contributed by atoms with Crippen molar-refractivity contribution < 1.29 is 9.59 Å². The highest BCUT2D eigenvalue weighted by molar-refractivity contribution is 6.23. The molecule has 20 heavy (non-hydrogen) atoms. The van der Waals surface area contributed by atoms with Crippen molar-refractivity contribution in [1.82, 2.24) is 0 Å². The van der Waals surface area contributed by atoms with Crippen molar-refractivity contribution in [3.63, 3.8) is 0 Å². The summed E-state index contributed by atoms with van der Waals surface area (Å²) in [6.45, 7) is 2.00. The topological polar surface area (TPSA) is 37.4 Å². The van der Waals surface area contributed by atoms with Crippen LogP contribution in [0.4, 0.5) is 5.69 Å². The second-order valence-corrected chi connectivity index (χ2v) is 6.39. The van der Waals surface area contributed by atoms with E-state index in [0.717, 1.165) is 18.4 Å². The highest BCUT2D eigenvalue weighted by Crippen LogP contribution is 2.57. The summed E-state index contributed by atoms with van der Waals surface area (Å²) in [7, 11) is 0. The normalized spacial score (nSPS) is 34.8. The van der Waals surface area contributed by atoms with E-state index in [4.69, 9.17) is 0 Å². The highest BCUT2D eigenvalue weighted by atomic mass is 16.2. The first-order chi connectivity index (χ1) is 9.60. The molecule has 1 saturated carbocycles. The number of hydrogen-bond acceptors (Lipinski definition) is 2. The Kier molecular flexibility index (Phi) is 2.27. The zero-order valence-corrected chi connectivity index (χ0v) is 11.5. The summed E-state index contributed by atoms with van der Waals surface area (Å²) in [6.07, 6.45) is 6.63. The highest BCUT2D eigenvalue weighted by Gasteiger charge is 2.60. The van der Waals surface area contributed by atoms with E-state index < -0.39 is 5.41 Å². The lowest BCUT2D eigenvalue weighted by Crippen LogP contribution is -2.38. The number of fused-ring (bicyclic) bond motifs is 3. The number of allylic oxidation sites excluding steroid dienone is 2. The van der Waals surface area contributed by atoms with Crippen molar-refractivity contribution in [2.75, 3.05) is 4.90 Å². The molecule has 3 nitrogen and oxygen atoms in total. The fourth-order valence-corrected chi connectivity index (χ4v) is 4.12. The summed E-state index contributed by atoms with van der Waals surface area (Å²) in [5.41, 5.74) is 1.40. The fraction of sp³-hybridized carbons (Fsp3) is 0.412. The Hall–Kier alpha value is -1.90. The van der Waals surface area contributed by atoms with Gasteiger partial charge >= 0.3 is 0 Å². The van der Waals surface area contributed by atoms with Gasteiger partial charge in [-0.3, -0.25) is 14.5 Å². The number of aryl methyl sites for hydroxylation is 1. The van der Waals surface area contributed by atoms with Gasteiger partial charge in [0.15, 0.2) is 0 Å². The van der Waals surface area contributed by atoms with Crippen molar-refractivity contribution in [2.45, 2.75) is 26.2 Å². The lowest BCUT2D eigenvalue weighted by molar-refractivity contribution is -0.126. The van der Waals surface area contributed by atoms with Crippen LogP contribution in [-0.2, 0) is 9.59 Å². The molecule has 0 aromatic heterocycles. The maximum absolute atomic E-state index is 12.9. The van der Waals surface area contributed by atoms with E-state index in [9.17, 15) is 9.59 Å². The van der Waals surface area contributed by atoms with E-state index >= 15 is 0 Å². The predicted octanol–water partition coefficient (Wildman–Crippen LogP) is 2.84. The number of carbonyl (C=O) groups is 2. The van der Waals surface area contributed by atoms with Gasteiger partial charge in [-0.15, -0.1) is 0 Å². The first-order valence-corrected chi connectivity index (χ1v) is 7.22. The molecule has 2 aliphatic carbocycles. The SMILES string of the molecule is Cc1ccc(N2C(=O)C[C@]3(C[C@H]4C=C[C@@H]3C4)C2=O)cc1. The number of anilines is 1. The monoisotopic (exact) mass is 267 g/mol. The van der Waals surface area contributed by atoms with Gasteiger partial charge in [-0.05, 0) is 43.7 Å². The lowest BCUT2D eigenvalue weighted by atomic mass is 9.74. The van der Waals surface area contributed by atoms with Crippen molar-refractivity contribution >= 4 is 17.5 Å². The van der Waals surface area contributed by atoms with E-state index in [1.165, 1.54) is 4.90 Å². The predicted molar refractivity (Wildman–Crippen MR) is 76.1 cm³/mol. The van der Waals surface area contributed by atoms with Crippen LogP contribution < -0.4 is 4.90 Å². The standard InChI is InChI=1S/C17H17NO2/c1-11-2-6-14(7-3-11)18-15(19)10-17(16(18)20)9-12-4-5-13(17)8-12/h2-7,12-13H,8-10H2,1H3/t12-,13+,17-/m0/s1. The van der Waals surface area contributed by atoms with Gasteiger partial charge < -0.3 is 0 Å². The molecule has 2 bridgehead atoms. The molecule has 1 heterocycles. The van der Waals surface area contributed by atoms with Crippen molar-refractivity contribution in [1.29, 1.82) is 0 Å². The Balaban J connectivity index is 1.73. The first-order valence-electron chi connectivity index (χ1n) is 7.22. The van der Waals surface area contributed by atoms with Crippen molar-refractivity contribution in [3.05, 3.63) is 42.0 Å². The lowest BCUT2D eigenvalue weighted by Gasteiger charge is -2.28. The van der Waals surface area contributed by atoms with Crippen LogP contribution in [0.25, 0.3) is 0 Å². The second kappa shape index (κ2) is 3.81. The molecule has 1 aromatic carbocycles. The molecule has 0 radical (unpaired) electrons. The van der Waals surface area contributed by atoms with E-state index in [1.54, 1.807) is 0 Å². The molecule has 0 unspecified atom stereocenters. The number of rotatable bonds is 1. The maximum Gasteiger partial charge on any atom is 0.241 e. The van der Waals surface area contributed by atoms with Crippen LogP contribution in [0.5, 0.6) is 0 Å². The van der Waals surface area contributed by atoms with E-state index in [2.05, 4.69) is 12.2 Å². The number of nitrogens with zero attached hydrogens (tertiary/aromatic N) is 1. The van der Waals surface area contributed by atoms with Gasteiger partial charge in [0.1, 0.15) is 0 Å². The molecular formula is C17H17NO2. The number of carbonyl (C=O) groups excluding carboxylic acids is 2. The number of imide groups is 1. The Morgan fingerprint density at radius 1 is 1.15 bits per heavy atom. The van der Waals surface area contributed by atoms with Crippen LogP contribution >= 0.6 is 0 Å². The third-order valence-electron chi connectivity index (χ3n) is 5.15. The molecule has 0 N–H and O–H groups in total. The number of hydrogen-bond donors (Lipinski definition) is 0. The van der Waals surface area contributed by atoms with Crippen molar-refractivity contribution in [2.24, 2.45) is 17.3 Å². The van der Waals surface area contributed by atoms with Gasteiger partial charge in [-0.25, -0.2) is 0 Å². The summed E-state index contributed by atoms with van der Waals surface area (Å²) in [5, 5.41) is 0. The zero-order valence-electron chi connectivity index (χ0n) is 11.5. The summed E-state index contributed by atoms with van der Waals surface area (Å²) in [6, 6.07) is 7.63. The smallest absolute Gasteiger partial charge is 0.241 e. The number of benzene rings is 1. The Morgan fingerprint density at radius 3 is 2.50 bits per heavy atom. The molecule has 3 heteroatoms. The molecule has 3 aliphatic rings. The largest absolute Gasteiger partial charge is 0.274 e. The van der Waals surface area contributed by atoms with Gasteiger partial charge in [0.2, 0.25) is 11.8 Å². The average molecular weight is 267 g/mol. The molecule has 3 atom stereocenters. The van der Waals surface area contributed by atoms with E-state index in [1.807, 2.05) is 31.2 Å². The molecule has 1 aliphatic heterocycles. The average Bonchev–Trinajstić information content (AvgIpc) is 3.07. The van der Waals surface area contributed by atoms with Crippen LogP contribution in [0, 0.1) is 24.2 Å². The molecule has 1 spiro atoms. The van der Waals surface area contributed by atoms with Gasteiger partial charge in [0, 0.05) is 6.42 Å². The number of amides is 2. The maximum atomic E-state index is 12.9. The molecule has 1 aromatic rings. The van der Waals surface area contributed by atoms with Gasteiger partial charge in [-0.1, -0.05) is 29.8 Å². The van der Waals surface area contributed by atoms with Gasteiger partial charge in [0.05, 0.1) is 11.1 Å². The summed E-state index contributed by atoms with van der Waals surface area (Å²) in [4.78, 5) is 26.7. The minimum absolute atomic E-state index is 0.0169. The molecule has 2 fully saturated rings. The van der Waals surface area contributed by atoms with Crippen molar-refractivity contribution in [3.8, 4) is 0 Å². The quantitative estimate of drug-likeness (QED) is 0.579. The summed E-state index contributed by atoms with van der Waals surface area (Å²) in [5.74, 6) is 0.733. The Bertz CT molecular complexity index is 631. The van der Waals surface area contributed by atoms with Crippen LogP contribution in [-0.4, -0.2) is 11.8 Å². The molecule has 102 valence electrons. The van der Waals surface area contributed by atoms with Gasteiger partial charge in [0.25, 0.3) is 0 Å². The summed E-state index contributed by atoms with van der Waals surface area (Å²) < 4.78 is 0. The molecule has 1 saturated heterocycles. The zero-order chi connectivity index (χ0) is 13.9. The first kappa shape index (κ1) is 11.9. The van der Waals surface area contributed by atoms with Crippen LogP contribution in [0.3, 0.4) is 0 Å². The third kappa shape index (κ3) is 1.41. The summed E-state index contributed by atoms with van der Waals surface area (Å²) >= 11 is 0. The Labute approximate surface area is 118 Å².